The van der Waals surface area contributed by atoms with Crippen LogP contribution < -0.4 is 15.0 Å². The molecule has 0 aliphatic heterocycles. The average molecular weight is 447 g/mol. The fourth-order valence-electron chi connectivity index (χ4n) is 2.72. The molecule has 1 unspecified atom stereocenters. The summed E-state index contributed by atoms with van der Waals surface area (Å²) in [6, 6.07) is 8.57. The van der Waals surface area contributed by atoms with Gasteiger partial charge >= 0.3 is 6.01 Å². The van der Waals surface area contributed by atoms with Crippen LogP contribution in [0.15, 0.2) is 47.4 Å². The summed E-state index contributed by atoms with van der Waals surface area (Å²) in [7, 11) is -2.13. The number of ether oxygens (including phenoxy) is 1. The van der Waals surface area contributed by atoms with E-state index >= 15 is 0 Å². The Kier molecular flexibility index (Phi) is 6.40. The van der Waals surface area contributed by atoms with E-state index in [4.69, 9.17) is 4.74 Å². The van der Waals surface area contributed by atoms with Gasteiger partial charge in [0.15, 0.2) is 11.6 Å². The van der Waals surface area contributed by atoms with Crippen LogP contribution in [-0.2, 0) is 17.1 Å². The molecule has 164 valence electrons. The number of aryl methyl sites for hydroxylation is 2. The predicted octanol–water partition coefficient (Wildman–Crippen LogP) is 3.62. The lowest BCUT2D eigenvalue weighted by Gasteiger charge is -2.15. The van der Waals surface area contributed by atoms with E-state index in [1.165, 1.54) is 22.8 Å². The lowest BCUT2D eigenvalue weighted by atomic mass is 10.2. The molecule has 0 aliphatic carbocycles. The van der Waals surface area contributed by atoms with Crippen LogP contribution in [0.4, 0.5) is 10.2 Å². The predicted molar refractivity (Wildman–Crippen MR) is 116 cm³/mol. The van der Waals surface area contributed by atoms with Gasteiger partial charge in [-0.15, -0.1) is 0 Å². The monoisotopic (exact) mass is 446 g/mol. The molecule has 0 fully saturated rings. The fraction of sp³-hybridized carbons (Fsp3) is 0.286. The molecule has 31 heavy (non-hydrogen) atoms. The summed E-state index contributed by atoms with van der Waals surface area (Å²) in [6.07, 6.45) is 1.96. The van der Waals surface area contributed by atoms with Crippen LogP contribution in [-0.4, -0.2) is 28.2 Å². The third kappa shape index (κ3) is 5.08. The number of halogens is 1. The number of nitrogens with one attached hydrogen (secondary N) is 1. The normalized spacial score (nSPS) is 12.4. The maximum atomic E-state index is 14.3. The Labute approximate surface area is 179 Å². The first-order chi connectivity index (χ1) is 14.6. The second kappa shape index (κ2) is 8.84. The first-order valence-corrected chi connectivity index (χ1v) is 11.2. The van der Waals surface area contributed by atoms with E-state index in [1.54, 1.807) is 52.2 Å². The minimum atomic E-state index is -3.71. The molecule has 1 aromatic carbocycles. The van der Waals surface area contributed by atoms with Gasteiger partial charge in [0.05, 0.1) is 10.9 Å². The minimum absolute atomic E-state index is 0.0249. The Morgan fingerprint density at radius 1 is 1.23 bits per heavy atom. The summed E-state index contributed by atoms with van der Waals surface area (Å²) in [5.41, 5.74) is 1.15. The molecule has 2 aromatic heterocycles. The van der Waals surface area contributed by atoms with E-state index in [1.807, 2.05) is 0 Å². The van der Waals surface area contributed by atoms with Crippen molar-refractivity contribution in [3.05, 3.63) is 64.3 Å². The lowest BCUT2D eigenvalue weighted by Crippen LogP contribution is -2.25. The lowest BCUT2D eigenvalue weighted by molar-refractivity contribution is 0.409. The van der Waals surface area contributed by atoms with Crippen LogP contribution in [0, 0.1) is 12.7 Å². The van der Waals surface area contributed by atoms with Crippen molar-refractivity contribution in [3.8, 4) is 23.0 Å². The molecule has 10 heteroatoms. The highest BCUT2D eigenvalue weighted by Gasteiger charge is 2.21. The molecule has 0 spiro atoms. The van der Waals surface area contributed by atoms with Crippen LogP contribution >= 0.6 is 0 Å². The van der Waals surface area contributed by atoms with Crippen molar-refractivity contribution in [1.82, 2.24) is 14.5 Å². The van der Waals surface area contributed by atoms with Crippen LogP contribution in [0.2, 0.25) is 0 Å². The van der Waals surface area contributed by atoms with Gasteiger partial charge in [-0.1, -0.05) is 19.1 Å². The van der Waals surface area contributed by atoms with Gasteiger partial charge in [-0.25, -0.2) is 12.8 Å². The third-order valence-electron chi connectivity index (χ3n) is 4.80. The number of hydrogen-bond acceptors (Lipinski definition) is 6. The van der Waals surface area contributed by atoms with Crippen LogP contribution in [0.3, 0.4) is 0 Å². The summed E-state index contributed by atoms with van der Waals surface area (Å²) in [5, 5.41) is -0.651. The summed E-state index contributed by atoms with van der Waals surface area (Å²) in [5.74, 6) is -0.683. The molecular formula is C21H23FN4O4S. The van der Waals surface area contributed by atoms with E-state index in [0.29, 0.717) is 23.2 Å². The van der Waals surface area contributed by atoms with E-state index in [9.17, 15) is 17.6 Å². The summed E-state index contributed by atoms with van der Waals surface area (Å²) < 4.78 is 48.7. The molecule has 1 atom stereocenters. The zero-order chi connectivity index (χ0) is 22.8. The first-order valence-electron chi connectivity index (χ1n) is 9.61. The average Bonchev–Trinajstić information content (AvgIpc) is 2.71. The number of anilines is 1. The van der Waals surface area contributed by atoms with Crippen molar-refractivity contribution in [2.45, 2.75) is 32.4 Å². The van der Waals surface area contributed by atoms with Crippen molar-refractivity contribution in [3.63, 3.8) is 0 Å². The van der Waals surface area contributed by atoms with Gasteiger partial charge in [-0.2, -0.15) is 9.97 Å². The molecule has 0 bridgehead atoms. The van der Waals surface area contributed by atoms with Gasteiger partial charge in [-0.3, -0.25) is 9.52 Å². The van der Waals surface area contributed by atoms with Crippen molar-refractivity contribution in [2.24, 2.45) is 7.05 Å². The van der Waals surface area contributed by atoms with Gasteiger partial charge in [-0.05, 0) is 38.0 Å². The van der Waals surface area contributed by atoms with Gasteiger partial charge in [0.1, 0.15) is 5.82 Å². The quantitative estimate of drug-likeness (QED) is 0.595. The number of hydrogen-bond donors (Lipinski definition) is 1. The fourth-order valence-corrected chi connectivity index (χ4v) is 3.76. The molecule has 0 aliphatic rings. The minimum Gasteiger partial charge on any atom is -0.421 e. The topological polar surface area (TPSA) is 103 Å². The first kappa shape index (κ1) is 22.4. The third-order valence-corrected chi connectivity index (χ3v) is 6.68. The van der Waals surface area contributed by atoms with E-state index < -0.39 is 21.1 Å². The van der Waals surface area contributed by atoms with Crippen LogP contribution in [0.25, 0.3) is 11.3 Å². The number of para-hydroxylation sites is 1. The Balaban J connectivity index is 2.11. The smallest absolute Gasteiger partial charge is 0.324 e. The van der Waals surface area contributed by atoms with Crippen LogP contribution in [0.5, 0.6) is 11.8 Å². The number of pyridine rings is 1. The number of nitrogens with zero attached hydrogens (tertiary/aromatic N) is 3. The summed E-state index contributed by atoms with van der Waals surface area (Å²) >= 11 is 0. The number of benzene rings is 1. The molecule has 3 rings (SSSR count). The maximum absolute atomic E-state index is 14.3. The molecule has 0 saturated carbocycles. The maximum Gasteiger partial charge on any atom is 0.324 e. The Morgan fingerprint density at radius 2 is 1.97 bits per heavy atom. The molecular weight excluding hydrogens is 423 g/mol. The zero-order valence-corrected chi connectivity index (χ0v) is 18.4. The Morgan fingerprint density at radius 3 is 2.61 bits per heavy atom. The van der Waals surface area contributed by atoms with Crippen molar-refractivity contribution < 1.29 is 17.5 Å². The van der Waals surface area contributed by atoms with Gasteiger partial charge in [0.25, 0.3) is 0 Å². The largest absolute Gasteiger partial charge is 0.421 e. The zero-order valence-electron chi connectivity index (χ0n) is 17.6. The molecule has 1 N–H and O–H groups in total. The number of aromatic nitrogens is 3. The summed E-state index contributed by atoms with van der Waals surface area (Å²) in [6.45, 7) is 5.01. The Hall–Kier alpha value is -3.27. The van der Waals surface area contributed by atoms with E-state index in [0.717, 1.165) is 0 Å². The molecule has 0 radical (unpaired) electrons. The van der Waals surface area contributed by atoms with Gasteiger partial charge < -0.3 is 9.30 Å². The highest BCUT2D eigenvalue weighted by Crippen LogP contribution is 2.29. The highest BCUT2D eigenvalue weighted by atomic mass is 32.2. The Bertz CT molecular complexity index is 1250. The van der Waals surface area contributed by atoms with E-state index in [-0.39, 0.29) is 23.1 Å². The molecule has 0 amide bonds. The SMILES string of the molecule is CCC(C)S(=O)(=O)Nc1cc(-c2ccc(=O)n(C)c2)nc(Oc2c(C)cccc2F)n1. The van der Waals surface area contributed by atoms with Crippen LogP contribution in [0.1, 0.15) is 25.8 Å². The van der Waals surface area contributed by atoms with Crippen molar-refractivity contribution in [2.75, 3.05) is 4.72 Å². The standard InChI is InChI=1S/C21H23FN4O4S/c1-5-14(3)31(28,29)25-18-11-17(15-9-10-19(27)26(4)12-15)23-21(24-18)30-20-13(2)7-6-8-16(20)22/h6-12,14H,5H2,1-4H3,(H,23,24,25). The van der Waals surface area contributed by atoms with Crippen molar-refractivity contribution >= 4 is 15.8 Å². The molecule has 3 aromatic rings. The van der Waals surface area contributed by atoms with E-state index in [2.05, 4.69) is 14.7 Å². The second-order valence-corrected chi connectivity index (χ2v) is 9.24. The number of sulfonamides is 1. The van der Waals surface area contributed by atoms with Gasteiger partial charge in [0, 0.05) is 30.9 Å². The summed E-state index contributed by atoms with van der Waals surface area (Å²) in [4.78, 5) is 20.1. The van der Waals surface area contributed by atoms with Gasteiger partial charge in [0.2, 0.25) is 15.6 Å². The number of rotatable bonds is 7. The molecule has 8 nitrogen and oxygen atoms in total. The second-order valence-electron chi connectivity index (χ2n) is 7.14. The highest BCUT2D eigenvalue weighted by molar-refractivity contribution is 7.93. The molecule has 0 saturated heterocycles. The van der Waals surface area contributed by atoms with Crippen molar-refractivity contribution in [1.29, 1.82) is 0 Å². The molecule has 2 heterocycles.